The lowest BCUT2D eigenvalue weighted by Gasteiger charge is -2.11. The Kier molecular flexibility index (Phi) is 3.70. The summed E-state index contributed by atoms with van der Waals surface area (Å²) in [5, 5.41) is 0. The molecule has 0 aliphatic carbocycles. The molecule has 0 saturated carbocycles. The van der Waals surface area contributed by atoms with Gasteiger partial charge in [-0.25, -0.2) is 0 Å². The molecule has 0 N–H and O–H groups in total. The molecular weight excluding hydrogens is 285 g/mol. The molecule has 1 nitrogen and oxygen atoms in total. The van der Waals surface area contributed by atoms with Crippen LogP contribution in [0.2, 0.25) is 0 Å². The van der Waals surface area contributed by atoms with Gasteiger partial charge in [-0.15, -0.1) is 0 Å². The molecule has 1 aromatic rings. The van der Waals surface area contributed by atoms with Crippen LogP contribution in [0, 0.1) is 10.5 Å². The summed E-state index contributed by atoms with van der Waals surface area (Å²) in [5.74, 6) is 0. The van der Waals surface area contributed by atoms with Crippen molar-refractivity contribution in [1.29, 1.82) is 0 Å². The molecule has 0 aromatic heterocycles. The van der Waals surface area contributed by atoms with Crippen molar-refractivity contribution in [3.05, 3.63) is 32.9 Å². The zero-order chi connectivity index (χ0) is 10.8. The van der Waals surface area contributed by atoms with Crippen molar-refractivity contribution >= 4 is 28.8 Å². The third-order valence-corrected chi connectivity index (χ3v) is 2.68. The van der Waals surface area contributed by atoms with E-state index in [1.807, 2.05) is 6.21 Å². The number of aliphatic imine (C=N–C) groups is 1. The summed E-state index contributed by atoms with van der Waals surface area (Å²) in [6, 6.07) is 6.41. The summed E-state index contributed by atoms with van der Waals surface area (Å²) in [6.45, 7) is 8.41. The van der Waals surface area contributed by atoms with Crippen molar-refractivity contribution in [2.24, 2.45) is 4.99 Å². The second-order valence-corrected chi connectivity index (χ2v) is 5.62. The lowest BCUT2D eigenvalue weighted by molar-refractivity contribution is 0.586. The van der Waals surface area contributed by atoms with Crippen LogP contribution in [-0.4, -0.2) is 11.8 Å². The predicted octanol–water partition coefficient (Wildman–Crippen LogP) is 3.82. The maximum absolute atomic E-state index is 4.49. The van der Waals surface area contributed by atoms with E-state index in [2.05, 4.69) is 73.5 Å². The largest absolute Gasteiger partial charge is 0.287 e. The first-order chi connectivity index (χ1) is 6.38. The van der Waals surface area contributed by atoms with E-state index >= 15 is 0 Å². The third-order valence-electron chi connectivity index (χ3n) is 1.75. The first kappa shape index (κ1) is 11.7. The Morgan fingerprint density at radius 1 is 1.29 bits per heavy atom. The molecule has 0 radical (unpaired) electrons. The molecule has 2 heteroatoms. The highest BCUT2D eigenvalue weighted by Crippen LogP contribution is 2.14. The van der Waals surface area contributed by atoms with Gasteiger partial charge in [-0.05, 0) is 56.4 Å². The van der Waals surface area contributed by atoms with Crippen molar-refractivity contribution in [1.82, 2.24) is 0 Å². The van der Waals surface area contributed by atoms with Gasteiger partial charge in [-0.2, -0.15) is 0 Å². The number of hydrogen-bond acceptors (Lipinski definition) is 1. The summed E-state index contributed by atoms with van der Waals surface area (Å²) in [7, 11) is 0. The average molecular weight is 301 g/mol. The van der Waals surface area contributed by atoms with Gasteiger partial charge in [0.2, 0.25) is 0 Å². The molecule has 14 heavy (non-hydrogen) atoms. The maximum atomic E-state index is 4.49. The van der Waals surface area contributed by atoms with Gasteiger partial charge in [0, 0.05) is 15.3 Å². The first-order valence-electron chi connectivity index (χ1n) is 4.70. The van der Waals surface area contributed by atoms with Crippen molar-refractivity contribution in [3.8, 4) is 0 Å². The SMILES string of the molecule is Cc1ccc(C=NC(C)(C)C)c(I)c1. The van der Waals surface area contributed by atoms with E-state index in [9.17, 15) is 0 Å². The van der Waals surface area contributed by atoms with Crippen LogP contribution >= 0.6 is 22.6 Å². The van der Waals surface area contributed by atoms with E-state index in [1.165, 1.54) is 14.7 Å². The highest BCUT2D eigenvalue weighted by atomic mass is 127. The molecule has 1 aromatic carbocycles. The number of halogens is 1. The summed E-state index contributed by atoms with van der Waals surface area (Å²) in [6.07, 6.45) is 1.96. The fraction of sp³-hybridized carbons (Fsp3) is 0.417. The zero-order valence-corrected chi connectivity index (χ0v) is 11.3. The molecule has 0 heterocycles. The molecule has 0 saturated heterocycles. The van der Waals surface area contributed by atoms with Gasteiger partial charge in [0.1, 0.15) is 0 Å². The first-order valence-corrected chi connectivity index (χ1v) is 5.78. The van der Waals surface area contributed by atoms with Crippen LogP contribution in [0.15, 0.2) is 23.2 Å². The van der Waals surface area contributed by atoms with Crippen LogP contribution in [0.3, 0.4) is 0 Å². The van der Waals surface area contributed by atoms with Gasteiger partial charge in [-0.1, -0.05) is 17.7 Å². The summed E-state index contributed by atoms with van der Waals surface area (Å²) in [5.41, 5.74) is 2.50. The molecule has 0 bridgehead atoms. The van der Waals surface area contributed by atoms with E-state index in [-0.39, 0.29) is 5.54 Å². The van der Waals surface area contributed by atoms with Crippen molar-refractivity contribution < 1.29 is 0 Å². The standard InChI is InChI=1S/C12H16IN/c1-9-5-6-10(11(13)7-9)8-14-12(2,3)4/h5-8H,1-4H3. The number of benzene rings is 1. The van der Waals surface area contributed by atoms with Gasteiger partial charge >= 0.3 is 0 Å². The smallest absolute Gasteiger partial charge is 0.0524 e. The van der Waals surface area contributed by atoms with Crippen molar-refractivity contribution in [3.63, 3.8) is 0 Å². The average Bonchev–Trinajstić information content (AvgIpc) is 2.00. The highest BCUT2D eigenvalue weighted by Gasteiger charge is 2.05. The van der Waals surface area contributed by atoms with Crippen LogP contribution in [0.25, 0.3) is 0 Å². The van der Waals surface area contributed by atoms with E-state index in [1.54, 1.807) is 0 Å². The molecular formula is C12H16IN. The van der Waals surface area contributed by atoms with Gasteiger partial charge in [0.05, 0.1) is 5.54 Å². The van der Waals surface area contributed by atoms with Gasteiger partial charge in [-0.3, -0.25) is 4.99 Å². The summed E-state index contributed by atoms with van der Waals surface area (Å²) in [4.78, 5) is 4.49. The van der Waals surface area contributed by atoms with Crippen molar-refractivity contribution in [2.75, 3.05) is 0 Å². The lowest BCUT2D eigenvalue weighted by Crippen LogP contribution is -2.09. The van der Waals surface area contributed by atoms with Crippen molar-refractivity contribution in [2.45, 2.75) is 33.2 Å². The van der Waals surface area contributed by atoms with Crippen LogP contribution < -0.4 is 0 Å². The maximum Gasteiger partial charge on any atom is 0.0524 e. The Labute approximate surface area is 99.8 Å². The van der Waals surface area contributed by atoms with E-state index in [0.29, 0.717) is 0 Å². The number of hydrogen-bond donors (Lipinski definition) is 0. The number of nitrogens with zero attached hydrogens (tertiary/aromatic N) is 1. The Morgan fingerprint density at radius 2 is 1.93 bits per heavy atom. The molecule has 0 amide bonds. The predicted molar refractivity (Wildman–Crippen MR) is 71.2 cm³/mol. The van der Waals surface area contributed by atoms with Gasteiger partial charge in [0.25, 0.3) is 0 Å². The molecule has 76 valence electrons. The van der Waals surface area contributed by atoms with Gasteiger partial charge in [0.15, 0.2) is 0 Å². The van der Waals surface area contributed by atoms with Gasteiger partial charge < -0.3 is 0 Å². The fourth-order valence-corrected chi connectivity index (χ4v) is 1.81. The highest BCUT2D eigenvalue weighted by molar-refractivity contribution is 14.1. The number of aryl methyl sites for hydroxylation is 1. The minimum atomic E-state index is 0.00790. The summed E-state index contributed by atoms with van der Waals surface area (Å²) < 4.78 is 1.26. The van der Waals surface area contributed by atoms with Crippen LogP contribution in [0.1, 0.15) is 31.9 Å². The van der Waals surface area contributed by atoms with Crippen LogP contribution in [-0.2, 0) is 0 Å². The van der Waals surface area contributed by atoms with Crippen LogP contribution in [0.5, 0.6) is 0 Å². The molecule has 1 rings (SSSR count). The molecule has 0 fully saturated rings. The normalized spacial score (nSPS) is 12.4. The molecule has 0 aliphatic heterocycles. The molecule has 0 spiro atoms. The van der Waals surface area contributed by atoms with Crippen LogP contribution in [0.4, 0.5) is 0 Å². The second kappa shape index (κ2) is 4.43. The number of rotatable bonds is 1. The topological polar surface area (TPSA) is 12.4 Å². The monoisotopic (exact) mass is 301 g/mol. The minimum Gasteiger partial charge on any atom is -0.287 e. The molecule has 0 aliphatic rings. The van der Waals surface area contributed by atoms with E-state index in [4.69, 9.17) is 0 Å². The van der Waals surface area contributed by atoms with E-state index in [0.717, 1.165) is 0 Å². The Balaban J connectivity index is 2.93. The Bertz CT molecular complexity index is 348. The van der Waals surface area contributed by atoms with E-state index < -0.39 is 0 Å². The molecule has 0 unspecified atom stereocenters. The summed E-state index contributed by atoms with van der Waals surface area (Å²) >= 11 is 2.35. The minimum absolute atomic E-state index is 0.00790. The lowest BCUT2D eigenvalue weighted by atomic mass is 10.1. The molecule has 0 atom stereocenters. The zero-order valence-electron chi connectivity index (χ0n) is 9.13. The third kappa shape index (κ3) is 3.78. The second-order valence-electron chi connectivity index (χ2n) is 4.45. The Hall–Kier alpha value is -0.380. The Morgan fingerprint density at radius 3 is 2.43 bits per heavy atom. The fourth-order valence-electron chi connectivity index (χ4n) is 1.00. The quantitative estimate of drug-likeness (QED) is 0.552.